The standard InChI is InChI=1S/C14H20BrNO/c1-17-14-5-3-2-4-13(14)16-10-11-6-8-12(15)9-7-11/h6-9,13-14,16H,2-5,10H2,1H3. The zero-order valence-corrected chi connectivity index (χ0v) is 11.9. The molecule has 1 aromatic rings. The quantitative estimate of drug-likeness (QED) is 0.918. The van der Waals surface area contributed by atoms with Crippen LogP contribution >= 0.6 is 15.9 Å². The lowest BCUT2D eigenvalue weighted by Crippen LogP contribution is -2.42. The van der Waals surface area contributed by atoms with Crippen molar-refractivity contribution in [1.82, 2.24) is 5.32 Å². The van der Waals surface area contributed by atoms with E-state index in [0.717, 1.165) is 11.0 Å². The van der Waals surface area contributed by atoms with Crippen LogP contribution in [0.25, 0.3) is 0 Å². The van der Waals surface area contributed by atoms with E-state index in [0.29, 0.717) is 12.1 Å². The second kappa shape index (κ2) is 6.53. The molecule has 1 aromatic carbocycles. The van der Waals surface area contributed by atoms with Gasteiger partial charge in [-0.2, -0.15) is 0 Å². The largest absolute Gasteiger partial charge is 0.380 e. The van der Waals surface area contributed by atoms with Crippen LogP contribution in [0, 0.1) is 0 Å². The Morgan fingerprint density at radius 1 is 1.24 bits per heavy atom. The average Bonchev–Trinajstić information content (AvgIpc) is 2.38. The van der Waals surface area contributed by atoms with E-state index in [4.69, 9.17) is 4.74 Å². The van der Waals surface area contributed by atoms with E-state index < -0.39 is 0 Å². The molecule has 0 saturated heterocycles. The van der Waals surface area contributed by atoms with Crippen molar-refractivity contribution < 1.29 is 4.74 Å². The van der Waals surface area contributed by atoms with Gasteiger partial charge < -0.3 is 10.1 Å². The monoisotopic (exact) mass is 297 g/mol. The lowest BCUT2D eigenvalue weighted by molar-refractivity contribution is 0.0413. The highest BCUT2D eigenvalue weighted by Gasteiger charge is 2.23. The van der Waals surface area contributed by atoms with Gasteiger partial charge in [-0.05, 0) is 30.5 Å². The molecule has 0 radical (unpaired) electrons. The van der Waals surface area contributed by atoms with Crippen molar-refractivity contribution >= 4 is 15.9 Å². The number of methoxy groups -OCH3 is 1. The first kappa shape index (κ1) is 13.1. The average molecular weight is 298 g/mol. The van der Waals surface area contributed by atoms with Crippen LogP contribution in [0.4, 0.5) is 0 Å². The summed E-state index contributed by atoms with van der Waals surface area (Å²) >= 11 is 3.45. The molecule has 1 saturated carbocycles. The minimum Gasteiger partial charge on any atom is -0.380 e. The lowest BCUT2D eigenvalue weighted by atomic mass is 9.92. The maximum Gasteiger partial charge on any atom is 0.0724 e. The van der Waals surface area contributed by atoms with Crippen molar-refractivity contribution in [2.24, 2.45) is 0 Å². The lowest BCUT2D eigenvalue weighted by Gasteiger charge is -2.31. The smallest absolute Gasteiger partial charge is 0.0724 e. The third-order valence-electron chi connectivity index (χ3n) is 3.49. The van der Waals surface area contributed by atoms with Gasteiger partial charge in [-0.3, -0.25) is 0 Å². The summed E-state index contributed by atoms with van der Waals surface area (Å²) in [7, 11) is 1.82. The Kier molecular flexibility index (Phi) is 5.01. The first-order valence-electron chi connectivity index (χ1n) is 6.30. The van der Waals surface area contributed by atoms with E-state index in [1.807, 2.05) is 7.11 Å². The molecule has 0 amide bonds. The van der Waals surface area contributed by atoms with Gasteiger partial charge in [0.15, 0.2) is 0 Å². The number of rotatable bonds is 4. The van der Waals surface area contributed by atoms with Crippen molar-refractivity contribution in [3.63, 3.8) is 0 Å². The fourth-order valence-corrected chi connectivity index (χ4v) is 2.73. The van der Waals surface area contributed by atoms with Crippen LogP contribution in [-0.2, 0) is 11.3 Å². The first-order valence-corrected chi connectivity index (χ1v) is 7.09. The Hall–Kier alpha value is -0.380. The van der Waals surface area contributed by atoms with Gasteiger partial charge in [-0.15, -0.1) is 0 Å². The molecule has 1 N–H and O–H groups in total. The van der Waals surface area contributed by atoms with Gasteiger partial charge in [0.25, 0.3) is 0 Å². The van der Waals surface area contributed by atoms with Crippen molar-refractivity contribution in [2.45, 2.75) is 44.4 Å². The molecule has 2 nitrogen and oxygen atoms in total. The summed E-state index contributed by atoms with van der Waals surface area (Å²) < 4.78 is 6.67. The molecular formula is C14H20BrNO. The molecule has 0 heterocycles. The van der Waals surface area contributed by atoms with E-state index in [9.17, 15) is 0 Å². The van der Waals surface area contributed by atoms with Gasteiger partial charge in [-0.25, -0.2) is 0 Å². The topological polar surface area (TPSA) is 21.3 Å². The molecule has 2 unspecified atom stereocenters. The van der Waals surface area contributed by atoms with E-state index >= 15 is 0 Å². The Labute approximate surface area is 112 Å². The van der Waals surface area contributed by atoms with Gasteiger partial charge in [0, 0.05) is 24.2 Å². The van der Waals surface area contributed by atoms with Crippen molar-refractivity contribution in [3.05, 3.63) is 34.3 Å². The minimum atomic E-state index is 0.388. The molecule has 17 heavy (non-hydrogen) atoms. The molecule has 1 aliphatic rings. The molecule has 0 aromatic heterocycles. The van der Waals surface area contributed by atoms with Crippen LogP contribution in [0.5, 0.6) is 0 Å². The molecular weight excluding hydrogens is 278 g/mol. The molecule has 3 heteroatoms. The maximum atomic E-state index is 5.54. The number of hydrogen-bond donors (Lipinski definition) is 1. The van der Waals surface area contributed by atoms with Crippen molar-refractivity contribution in [1.29, 1.82) is 0 Å². The highest BCUT2D eigenvalue weighted by Crippen LogP contribution is 2.21. The summed E-state index contributed by atoms with van der Waals surface area (Å²) in [5.74, 6) is 0. The van der Waals surface area contributed by atoms with Gasteiger partial charge in [0.2, 0.25) is 0 Å². The van der Waals surface area contributed by atoms with Gasteiger partial charge in [-0.1, -0.05) is 40.9 Å². The van der Waals surface area contributed by atoms with E-state index in [2.05, 4.69) is 45.5 Å². The van der Waals surface area contributed by atoms with Crippen LogP contribution in [0.3, 0.4) is 0 Å². The minimum absolute atomic E-state index is 0.388. The summed E-state index contributed by atoms with van der Waals surface area (Å²) in [6.45, 7) is 0.928. The van der Waals surface area contributed by atoms with Crippen LogP contribution < -0.4 is 5.32 Å². The number of nitrogens with one attached hydrogen (secondary N) is 1. The maximum absolute atomic E-state index is 5.54. The Balaban J connectivity index is 1.86. The fourth-order valence-electron chi connectivity index (χ4n) is 2.46. The van der Waals surface area contributed by atoms with E-state index in [1.54, 1.807) is 0 Å². The van der Waals surface area contributed by atoms with Crippen molar-refractivity contribution in [2.75, 3.05) is 7.11 Å². The molecule has 0 bridgehead atoms. The van der Waals surface area contributed by atoms with E-state index in [1.165, 1.54) is 31.2 Å². The van der Waals surface area contributed by atoms with Gasteiger partial charge in [0.05, 0.1) is 6.10 Å². The third-order valence-corrected chi connectivity index (χ3v) is 4.02. The second-order valence-electron chi connectivity index (χ2n) is 4.67. The molecule has 2 atom stereocenters. The number of halogens is 1. The fraction of sp³-hybridized carbons (Fsp3) is 0.571. The van der Waals surface area contributed by atoms with Gasteiger partial charge in [0.1, 0.15) is 0 Å². The predicted octanol–water partition coefficient (Wildman–Crippen LogP) is 3.50. The number of ether oxygens (including phenoxy) is 1. The zero-order chi connectivity index (χ0) is 12.1. The summed E-state index contributed by atoms with van der Waals surface area (Å²) in [5.41, 5.74) is 1.33. The summed E-state index contributed by atoms with van der Waals surface area (Å²) in [4.78, 5) is 0. The molecule has 94 valence electrons. The zero-order valence-electron chi connectivity index (χ0n) is 10.3. The Morgan fingerprint density at radius 2 is 1.94 bits per heavy atom. The van der Waals surface area contributed by atoms with Crippen LogP contribution in [0.2, 0.25) is 0 Å². The first-order chi connectivity index (χ1) is 8.29. The molecule has 0 spiro atoms. The SMILES string of the molecule is COC1CCCCC1NCc1ccc(Br)cc1. The van der Waals surface area contributed by atoms with Crippen molar-refractivity contribution in [3.8, 4) is 0 Å². The summed E-state index contributed by atoms with van der Waals surface area (Å²) in [6.07, 6.45) is 5.43. The Bertz CT molecular complexity index is 339. The normalized spacial score (nSPS) is 24.8. The molecule has 2 rings (SSSR count). The Morgan fingerprint density at radius 3 is 2.65 bits per heavy atom. The highest BCUT2D eigenvalue weighted by atomic mass is 79.9. The molecule has 1 aliphatic carbocycles. The van der Waals surface area contributed by atoms with E-state index in [-0.39, 0.29) is 0 Å². The van der Waals surface area contributed by atoms with Crippen LogP contribution in [0.1, 0.15) is 31.2 Å². The predicted molar refractivity (Wildman–Crippen MR) is 74.0 cm³/mol. The second-order valence-corrected chi connectivity index (χ2v) is 5.59. The summed E-state index contributed by atoms with van der Waals surface area (Å²) in [5, 5.41) is 3.62. The number of hydrogen-bond acceptors (Lipinski definition) is 2. The van der Waals surface area contributed by atoms with Gasteiger partial charge >= 0.3 is 0 Å². The molecule has 0 aliphatic heterocycles. The molecule has 1 fully saturated rings. The third kappa shape index (κ3) is 3.80. The summed E-state index contributed by atoms with van der Waals surface area (Å²) in [6, 6.07) is 9.00. The number of benzene rings is 1. The van der Waals surface area contributed by atoms with Crippen LogP contribution in [-0.4, -0.2) is 19.3 Å². The highest BCUT2D eigenvalue weighted by molar-refractivity contribution is 9.10. The van der Waals surface area contributed by atoms with Crippen LogP contribution in [0.15, 0.2) is 28.7 Å².